The average molecular weight is 326 g/mol. The van der Waals surface area contributed by atoms with E-state index in [4.69, 9.17) is 14.4 Å². The first-order valence-electron chi connectivity index (χ1n) is 7.38. The number of sulfone groups is 1. The van der Waals surface area contributed by atoms with Gasteiger partial charge in [0.2, 0.25) is 0 Å². The van der Waals surface area contributed by atoms with Crippen molar-refractivity contribution >= 4 is 22.4 Å². The highest BCUT2D eigenvalue weighted by atomic mass is 32.2. The molecule has 0 atom stereocenters. The Bertz CT molecular complexity index is 606. The van der Waals surface area contributed by atoms with Crippen LogP contribution in [0.4, 0.5) is 0 Å². The third-order valence-corrected chi connectivity index (χ3v) is 6.15. The summed E-state index contributed by atoms with van der Waals surface area (Å²) in [6.07, 6.45) is 0.237. The highest BCUT2D eigenvalue weighted by Gasteiger charge is 2.51. The van der Waals surface area contributed by atoms with Gasteiger partial charge < -0.3 is 14.4 Å². The molecule has 1 aliphatic rings. The lowest BCUT2D eigenvalue weighted by molar-refractivity contribution is 0.00578. The predicted octanol–water partition coefficient (Wildman–Crippen LogP) is 1.14. The molecule has 22 heavy (non-hydrogen) atoms. The lowest BCUT2D eigenvalue weighted by Gasteiger charge is -2.32. The summed E-state index contributed by atoms with van der Waals surface area (Å²) in [6.45, 7) is 7.76. The van der Waals surface area contributed by atoms with Gasteiger partial charge in [0.15, 0.2) is 9.84 Å². The second-order valence-electron chi connectivity index (χ2n) is 6.55. The van der Waals surface area contributed by atoms with Crippen molar-refractivity contribution in [2.75, 3.05) is 12.4 Å². The number of aliphatic hydroxyl groups excluding tert-OH is 1. The van der Waals surface area contributed by atoms with E-state index in [1.54, 1.807) is 24.3 Å². The predicted molar refractivity (Wildman–Crippen MR) is 85.9 cm³/mol. The van der Waals surface area contributed by atoms with Gasteiger partial charge in [0.1, 0.15) is 0 Å². The monoisotopic (exact) mass is 326 g/mol. The molecular weight excluding hydrogens is 303 g/mol. The third-order valence-electron chi connectivity index (χ3n) is 4.34. The van der Waals surface area contributed by atoms with Gasteiger partial charge in [-0.05, 0) is 51.7 Å². The summed E-state index contributed by atoms with van der Waals surface area (Å²) < 4.78 is 36.0. The quantitative estimate of drug-likeness (QED) is 0.822. The summed E-state index contributed by atoms with van der Waals surface area (Å²) in [6, 6.07) is 6.56. The van der Waals surface area contributed by atoms with E-state index in [1.807, 2.05) is 27.7 Å². The minimum Gasteiger partial charge on any atom is -0.399 e. The molecule has 1 aromatic rings. The van der Waals surface area contributed by atoms with Gasteiger partial charge >= 0.3 is 7.12 Å². The maximum Gasteiger partial charge on any atom is 0.494 e. The first-order chi connectivity index (χ1) is 10.1. The molecule has 1 aromatic carbocycles. The molecule has 0 saturated carbocycles. The van der Waals surface area contributed by atoms with E-state index in [1.165, 1.54) is 0 Å². The SMILES string of the molecule is CC1(C)OB(c2ccc(S(=O)(=O)CCCO)cc2)OC1(C)C. The van der Waals surface area contributed by atoms with E-state index in [9.17, 15) is 8.42 Å². The fourth-order valence-corrected chi connectivity index (χ4v) is 3.48. The minimum atomic E-state index is -3.35. The topological polar surface area (TPSA) is 72.8 Å². The Morgan fingerprint density at radius 1 is 1.05 bits per heavy atom. The number of hydrogen-bond donors (Lipinski definition) is 1. The summed E-state index contributed by atoms with van der Waals surface area (Å²) >= 11 is 0. The van der Waals surface area contributed by atoms with E-state index in [2.05, 4.69) is 0 Å². The highest BCUT2D eigenvalue weighted by Crippen LogP contribution is 2.36. The molecule has 1 N–H and O–H groups in total. The normalized spacial score (nSPS) is 20.3. The van der Waals surface area contributed by atoms with Crippen LogP contribution in [0.1, 0.15) is 34.1 Å². The van der Waals surface area contributed by atoms with Gasteiger partial charge in [-0.25, -0.2) is 8.42 Å². The van der Waals surface area contributed by atoms with Crippen LogP contribution in [-0.2, 0) is 19.1 Å². The van der Waals surface area contributed by atoms with Gasteiger partial charge in [-0.15, -0.1) is 0 Å². The van der Waals surface area contributed by atoms with Crippen molar-refractivity contribution in [3.05, 3.63) is 24.3 Å². The van der Waals surface area contributed by atoms with Crippen molar-refractivity contribution in [3.63, 3.8) is 0 Å². The van der Waals surface area contributed by atoms with Crippen LogP contribution in [0.25, 0.3) is 0 Å². The van der Waals surface area contributed by atoms with Crippen molar-refractivity contribution in [2.45, 2.75) is 50.2 Å². The van der Waals surface area contributed by atoms with Crippen molar-refractivity contribution in [1.29, 1.82) is 0 Å². The van der Waals surface area contributed by atoms with Crippen molar-refractivity contribution in [1.82, 2.24) is 0 Å². The second-order valence-corrected chi connectivity index (χ2v) is 8.66. The van der Waals surface area contributed by atoms with Gasteiger partial charge in [0.05, 0.1) is 21.9 Å². The van der Waals surface area contributed by atoms with Crippen molar-refractivity contribution in [3.8, 4) is 0 Å². The maximum atomic E-state index is 12.1. The lowest BCUT2D eigenvalue weighted by Crippen LogP contribution is -2.41. The van der Waals surface area contributed by atoms with E-state index >= 15 is 0 Å². The number of hydrogen-bond acceptors (Lipinski definition) is 5. The van der Waals surface area contributed by atoms with E-state index in [0.717, 1.165) is 5.46 Å². The lowest BCUT2D eigenvalue weighted by atomic mass is 9.79. The first kappa shape index (κ1) is 17.5. The number of rotatable bonds is 5. The number of aliphatic hydroxyl groups is 1. The molecule has 2 rings (SSSR count). The van der Waals surface area contributed by atoms with Crippen LogP contribution in [0, 0.1) is 0 Å². The van der Waals surface area contributed by atoms with Crippen LogP contribution in [0.5, 0.6) is 0 Å². The molecule has 0 unspecified atom stereocenters. The first-order valence-corrected chi connectivity index (χ1v) is 9.03. The van der Waals surface area contributed by atoms with Crippen LogP contribution in [0.3, 0.4) is 0 Å². The zero-order chi connectivity index (χ0) is 16.6. The van der Waals surface area contributed by atoms with Gasteiger partial charge in [-0.3, -0.25) is 0 Å². The van der Waals surface area contributed by atoms with Crippen molar-refractivity contribution in [2.24, 2.45) is 0 Å². The molecule has 0 bridgehead atoms. The molecular formula is C15H23BO5S. The zero-order valence-electron chi connectivity index (χ0n) is 13.5. The van der Waals surface area contributed by atoms with E-state index < -0.39 is 28.2 Å². The molecule has 1 fully saturated rings. The summed E-state index contributed by atoms with van der Waals surface area (Å²) in [7, 11) is -3.85. The van der Waals surface area contributed by atoms with Gasteiger partial charge in [-0.2, -0.15) is 0 Å². The summed E-state index contributed by atoms with van der Waals surface area (Å²) in [4.78, 5) is 0.251. The Morgan fingerprint density at radius 3 is 2.00 bits per heavy atom. The fourth-order valence-electron chi connectivity index (χ4n) is 2.18. The van der Waals surface area contributed by atoms with Crippen LogP contribution >= 0.6 is 0 Å². The minimum absolute atomic E-state index is 0.0562. The standard InChI is InChI=1S/C15H23BO5S/c1-14(2)15(3,4)21-16(20-14)12-6-8-13(9-7-12)22(18,19)11-5-10-17/h6-9,17H,5,10-11H2,1-4H3. The summed E-state index contributed by atoms with van der Waals surface area (Å²) in [5, 5.41) is 8.76. The molecule has 122 valence electrons. The van der Waals surface area contributed by atoms with Gasteiger partial charge in [0, 0.05) is 6.61 Å². The largest absolute Gasteiger partial charge is 0.494 e. The highest BCUT2D eigenvalue weighted by molar-refractivity contribution is 7.91. The Labute approximate surface area is 132 Å². The molecule has 0 spiro atoms. The van der Waals surface area contributed by atoms with Gasteiger partial charge in [-0.1, -0.05) is 12.1 Å². The number of benzene rings is 1. The average Bonchev–Trinajstić information content (AvgIpc) is 2.65. The van der Waals surface area contributed by atoms with Crippen LogP contribution in [0.15, 0.2) is 29.2 Å². The Kier molecular flexibility index (Phi) is 4.73. The Hall–Kier alpha value is -0.885. The third kappa shape index (κ3) is 3.37. The molecule has 1 aliphatic heterocycles. The molecule has 1 heterocycles. The molecule has 1 saturated heterocycles. The fraction of sp³-hybridized carbons (Fsp3) is 0.600. The van der Waals surface area contributed by atoms with E-state index in [0.29, 0.717) is 0 Å². The van der Waals surface area contributed by atoms with E-state index in [-0.39, 0.29) is 23.7 Å². The molecule has 0 aliphatic carbocycles. The van der Waals surface area contributed by atoms with Gasteiger partial charge in [0.25, 0.3) is 0 Å². The molecule has 0 radical (unpaired) electrons. The molecule has 0 amide bonds. The van der Waals surface area contributed by atoms with Crippen LogP contribution in [0.2, 0.25) is 0 Å². The molecule has 5 nitrogen and oxygen atoms in total. The molecule has 0 aromatic heterocycles. The van der Waals surface area contributed by atoms with Crippen molar-refractivity contribution < 1.29 is 22.8 Å². The zero-order valence-corrected chi connectivity index (χ0v) is 14.3. The summed E-state index contributed by atoms with van der Waals surface area (Å²) in [5.41, 5.74) is -0.0626. The molecule has 7 heteroatoms. The smallest absolute Gasteiger partial charge is 0.399 e. The Balaban J connectivity index is 2.17. The Morgan fingerprint density at radius 2 is 1.55 bits per heavy atom. The van der Waals surface area contributed by atoms with Crippen LogP contribution in [-0.4, -0.2) is 44.2 Å². The maximum absolute atomic E-state index is 12.1. The summed E-state index contributed by atoms with van der Waals surface area (Å²) in [5.74, 6) is -0.0562. The van der Waals surface area contributed by atoms with Crippen LogP contribution < -0.4 is 5.46 Å². The second kappa shape index (κ2) is 5.96.